The van der Waals surface area contributed by atoms with Crippen LogP contribution >= 0.6 is 0 Å². The number of carbonyl (C=O) groups excluding carboxylic acids is 3. The van der Waals surface area contributed by atoms with Crippen LogP contribution in [0.1, 0.15) is 45.1 Å². The second-order valence-electron chi connectivity index (χ2n) is 8.13. The van der Waals surface area contributed by atoms with Gasteiger partial charge in [0.2, 0.25) is 11.8 Å². The molecule has 2 atom stereocenters. The second-order valence-corrected chi connectivity index (χ2v) is 8.13. The number of rotatable bonds is 7. The van der Waals surface area contributed by atoms with Crippen molar-refractivity contribution >= 4 is 17.6 Å². The number of Topliss-reactive ketones (excluding diaryl/α,β-unsaturated/α-hetero) is 1. The van der Waals surface area contributed by atoms with E-state index in [0.717, 1.165) is 13.8 Å². The Hall–Kier alpha value is -2.72. The molecule has 2 amide bonds. The molecule has 1 aromatic carbocycles. The van der Waals surface area contributed by atoms with E-state index in [9.17, 15) is 36.3 Å². The lowest BCUT2D eigenvalue weighted by molar-refractivity contribution is -0.278. The van der Waals surface area contributed by atoms with E-state index >= 15 is 0 Å². The minimum atomic E-state index is -5.85. The summed E-state index contributed by atoms with van der Waals surface area (Å²) in [6.07, 6.45) is -4.69. The summed E-state index contributed by atoms with van der Waals surface area (Å²) in [7, 11) is 0. The van der Waals surface area contributed by atoms with E-state index in [1.165, 1.54) is 5.32 Å². The predicted molar refractivity (Wildman–Crippen MR) is 104 cm³/mol. The molecule has 0 fully saturated rings. The highest BCUT2D eigenvalue weighted by molar-refractivity contribution is 6.06. The number of alkyl halides is 5. The van der Waals surface area contributed by atoms with Gasteiger partial charge in [-0.1, -0.05) is 31.5 Å². The van der Waals surface area contributed by atoms with E-state index in [4.69, 9.17) is 4.74 Å². The van der Waals surface area contributed by atoms with Crippen molar-refractivity contribution in [3.63, 3.8) is 0 Å². The summed E-state index contributed by atoms with van der Waals surface area (Å²) >= 11 is 0. The summed E-state index contributed by atoms with van der Waals surface area (Å²) in [5.74, 6) is -7.92. The fourth-order valence-electron chi connectivity index (χ4n) is 3.20. The van der Waals surface area contributed by atoms with Gasteiger partial charge in [0.05, 0.1) is 6.54 Å². The first kappa shape index (κ1) is 25.5. The summed E-state index contributed by atoms with van der Waals surface area (Å²) in [6, 6.07) is 5.79. The van der Waals surface area contributed by atoms with Crippen molar-refractivity contribution in [2.24, 2.45) is 5.41 Å². The molecular weight excluding hydrogens is 439 g/mol. The maximum Gasteiger partial charge on any atom is 0.455 e. The maximum atomic E-state index is 13.1. The standard InChI is InChI=1S/C21H25F5N2O4/c1-4-7-13-12-8-5-6-9-15(12)32-10-14(16(13)29)28-18(31)19(2,3)17(30)27-11-20(22,23)21(24,25)26/h5-6,8-9,13-14H,4,7,10-11H2,1-3H3,(H,27,30)(H,28,31)/t13?,14-/m0/s1. The van der Waals surface area contributed by atoms with Crippen LogP contribution in [0.5, 0.6) is 5.75 Å². The number of halogens is 5. The van der Waals surface area contributed by atoms with E-state index in [-0.39, 0.29) is 12.4 Å². The molecule has 0 radical (unpaired) electrons. The predicted octanol–water partition coefficient (Wildman–Crippen LogP) is 3.36. The molecule has 0 saturated heterocycles. The first-order valence-electron chi connectivity index (χ1n) is 10.0. The third kappa shape index (κ3) is 5.36. The van der Waals surface area contributed by atoms with Gasteiger partial charge >= 0.3 is 12.1 Å². The van der Waals surface area contributed by atoms with Gasteiger partial charge in [-0.05, 0) is 26.3 Å². The summed E-state index contributed by atoms with van der Waals surface area (Å²) < 4.78 is 68.8. The molecule has 1 unspecified atom stereocenters. The zero-order valence-electron chi connectivity index (χ0n) is 17.8. The monoisotopic (exact) mass is 464 g/mol. The number of fused-ring (bicyclic) bond motifs is 1. The largest absolute Gasteiger partial charge is 0.491 e. The number of hydrogen-bond acceptors (Lipinski definition) is 4. The van der Waals surface area contributed by atoms with Gasteiger partial charge in [-0.25, -0.2) is 0 Å². The van der Waals surface area contributed by atoms with E-state index in [1.807, 2.05) is 6.92 Å². The van der Waals surface area contributed by atoms with Gasteiger partial charge in [0, 0.05) is 11.5 Å². The Morgan fingerprint density at radius 2 is 1.72 bits per heavy atom. The quantitative estimate of drug-likeness (QED) is 0.479. The molecule has 1 aromatic rings. The molecule has 2 N–H and O–H groups in total. The SMILES string of the molecule is CCCC1C(=O)[C@@H](NC(=O)C(C)(C)C(=O)NCC(F)(F)C(F)(F)F)COc2ccccc21. The third-order valence-corrected chi connectivity index (χ3v) is 5.29. The van der Waals surface area contributed by atoms with E-state index in [0.29, 0.717) is 24.2 Å². The average molecular weight is 464 g/mol. The smallest absolute Gasteiger partial charge is 0.455 e. The van der Waals surface area contributed by atoms with Gasteiger partial charge < -0.3 is 15.4 Å². The van der Waals surface area contributed by atoms with E-state index in [1.54, 1.807) is 24.3 Å². The number of nitrogens with one attached hydrogen (secondary N) is 2. The first-order chi connectivity index (χ1) is 14.7. The van der Waals surface area contributed by atoms with Crippen molar-refractivity contribution in [2.45, 2.75) is 57.7 Å². The number of carbonyl (C=O) groups is 3. The molecule has 2 rings (SSSR count). The van der Waals surface area contributed by atoms with Crippen LogP contribution in [0, 0.1) is 5.41 Å². The molecule has 1 aliphatic heterocycles. The van der Waals surface area contributed by atoms with Crippen LogP contribution in [0.15, 0.2) is 24.3 Å². The van der Waals surface area contributed by atoms with Crippen LogP contribution in [0.4, 0.5) is 22.0 Å². The molecule has 0 aromatic heterocycles. The van der Waals surface area contributed by atoms with Crippen LogP contribution in [0.3, 0.4) is 0 Å². The molecule has 0 spiro atoms. The molecule has 0 saturated carbocycles. The minimum Gasteiger partial charge on any atom is -0.491 e. The van der Waals surface area contributed by atoms with Gasteiger partial charge in [0.1, 0.15) is 23.8 Å². The van der Waals surface area contributed by atoms with Crippen LogP contribution < -0.4 is 15.4 Å². The molecule has 178 valence electrons. The lowest BCUT2D eigenvalue weighted by Crippen LogP contribution is -2.56. The Bertz CT molecular complexity index is 870. The van der Waals surface area contributed by atoms with Gasteiger partial charge in [0.25, 0.3) is 0 Å². The van der Waals surface area contributed by atoms with Crippen LogP contribution in [-0.4, -0.2) is 48.9 Å². The van der Waals surface area contributed by atoms with Crippen molar-refractivity contribution in [1.29, 1.82) is 0 Å². The van der Waals surface area contributed by atoms with Crippen molar-refractivity contribution < 1.29 is 41.1 Å². The van der Waals surface area contributed by atoms with Crippen molar-refractivity contribution in [2.75, 3.05) is 13.2 Å². The molecule has 1 heterocycles. The summed E-state index contributed by atoms with van der Waals surface area (Å²) in [5, 5.41) is 3.87. The van der Waals surface area contributed by atoms with Gasteiger partial charge in [0.15, 0.2) is 5.78 Å². The lowest BCUT2D eigenvalue weighted by Gasteiger charge is -2.27. The average Bonchev–Trinajstić information content (AvgIpc) is 2.83. The Morgan fingerprint density at radius 1 is 1.09 bits per heavy atom. The number of para-hydroxylation sites is 1. The molecule has 6 nitrogen and oxygen atoms in total. The number of benzene rings is 1. The zero-order chi connectivity index (χ0) is 24.3. The number of hydrogen-bond donors (Lipinski definition) is 2. The summed E-state index contributed by atoms with van der Waals surface area (Å²) in [5.41, 5.74) is -1.36. The van der Waals surface area contributed by atoms with Crippen LogP contribution in [-0.2, 0) is 14.4 Å². The Balaban J connectivity index is 2.13. The minimum absolute atomic E-state index is 0.217. The topological polar surface area (TPSA) is 84.5 Å². The van der Waals surface area contributed by atoms with Crippen molar-refractivity contribution in [3.8, 4) is 5.75 Å². The third-order valence-electron chi connectivity index (χ3n) is 5.29. The molecule has 32 heavy (non-hydrogen) atoms. The summed E-state index contributed by atoms with van der Waals surface area (Å²) in [6.45, 7) is 1.78. The van der Waals surface area contributed by atoms with E-state index in [2.05, 4.69) is 5.32 Å². The molecule has 0 bridgehead atoms. The zero-order valence-corrected chi connectivity index (χ0v) is 17.8. The maximum absolute atomic E-state index is 13.1. The van der Waals surface area contributed by atoms with Crippen molar-refractivity contribution in [3.05, 3.63) is 29.8 Å². The highest BCUT2D eigenvalue weighted by Crippen LogP contribution is 2.35. The van der Waals surface area contributed by atoms with Gasteiger partial charge in [-0.3, -0.25) is 14.4 Å². The normalized spacial score (nSPS) is 19.4. The molecule has 11 heteroatoms. The highest BCUT2D eigenvalue weighted by Gasteiger charge is 2.57. The number of ether oxygens (including phenoxy) is 1. The Kier molecular flexibility index (Phi) is 7.51. The van der Waals surface area contributed by atoms with E-state index < -0.39 is 47.8 Å². The Morgan fingerprint density at radius 3 is 2.31 bits per heavy atom. The molecular formula is C21H25F5N2O4. The fraction of sp³-hybridized carbons (Fsp3) is 0.571. The molecule has 1 aliphatic rings. The lowest BCUT2D eigenvalue weighted by atomic mass is 9.86. The van der Waals surface area contributed by atoms with Gasteiger partial charge in [-0.15, -0.1) is 0 Å². The Labute approximate surface area is 181 Å². The highest BCUT2D eigenvalue weighted by atomic mass is 19.4. The second kappa shape index (κ2) is 9.41. The van der Waals surface area contributed by atoms with Crippen molar-refractivity contribution in [1.82, 2.24) is 10.6 Å². The number of amides is 2. The van der Waals surface area contributed by atoms with Crippen LogP contribution in [0.25, 0.3) is 0 Å². The van der Waals surface area contributed by atoms with Crippen LogP contribution in [0.2, 0.25) is 0 Å². The van der Waals surface area contributed by atoms with Gasteiger partial charge in [-0.2, -0.15) is 22.0 Å². The molecule has 0 aliphatic carbocycles. The number of ketones is 1. The summed E-state index contributed by atoms with van der Waals surface area (Å²) in [4.78, 5) is 38.0. The first-order valence-corrected chi connectivity index (χ1v) is 10.0. The fourth-order valence-corrected chi connectivity index (χ4v) is 3.20.